The Hall–Kier alpha value is -0.610. The summed E-state index contributed by atoms with van der Waals surface area (Å²) in [5.74, 6) is 0.392. The number of nitrogens with two attached hydrogens (primary N) is 1. The van der Waals surface area contributed by atoms with Gasteiger partial charge in [0.1, 0.15) is 6.04 Å². The van der Waals surface area contributed by atoms with Crippen LogP contribution in [0, 0.1) is 5.92 Å². The fourth-order valence-corrected chi connectivity index (χ4v) is 1.79. The van der Waals surface area contributed by atoms with Gasteiger partial charge in [0.15, 0.2) is 0 Å². The highest BCUT2D eigenvalue weighted by atomic mass is 16.5. The van der Waals surface area contributed by atoms with E-state index in [1.54, 1.807) is 6.92 Å². The van der Waals surface area contributed by atoms with Crippen molar-refractivity contribution >= 4 is 5.97 Å². The van der Waals surface area contributed by atoms with Crippen molar-refractivity contribution in [1.29, 1.82) is 0 Å². The summed E-state index contributed by atoms with van der Waals surface area (Å²) >= 11 is 0. The van der Waals surface area contributed by atoms with Crippen LogP contribution in [0.1, 0.15) is 40.5 Å². The van der Waals surface area contributed by atoms with Gasteiger partial charge in [0.2, 0.25) is 0 Å². The summed E-state index contributed by atoms with van der Waals surface area (Å²) in [4.78, 5) is 13.6. The molecular weight excluding hydrogens is 216 g/mol. The molecule has 17 heavy (non-hydrogen) atoms. The minimum atomic E-state index is -0.497. The summed E-state index contributed by atoms with van der Waals surface area (Å²) in [6.45, 7) is 9.65. The van der Waals surface area contributed by atoms with Gasteiger partial charge in [0, 0.05) is 12.6 Å². The van der Waals surface area contributed by atoms with Crippen LogP contribution in [0.25, 0.3) is 0 Å². The molecule has 0 saturated heterocycles. The third kappa shape index (κ3) is 7.34. The van der Waals surface area contributed by atoms with Crippen LogP contribution in [-0.2, 0) is 9.53 Å². The van der Waals surface area contributed by atoms with E-state index in [4.69, 9.17) is 10.5 Å². The van der Waals surface area contributed by atoms with Crippen molar-refractivity contribution < 1.29 is 9.53 Å². The molecule has 0 aliphatic heterocycles. The highest BCUT2D eigenvalue weighted by Gasteiger charge is 2.17. The molecule has 0 heterocycles. The number of rotatable bonds is 8. The number of ether oxygens (including phenoxy) is 1. The van der Waals surface area contributed by atoms with Crippen LogP contribution in [0.15, 0.2) is 0 Å². The summed E-state index contributed by atoms with van der Waals surface area (Å²) in [6, 6.07) is 0.0213. The van der Waals surface area contributed by atoms with E-state index < -0.39 is 6.04 Å². The minimum Gasteiger partial charge on any atom is -0.465 e. The SMILES string of the molecule is CCOC(=O)C(N)CCN(C)C(C)CC(C)C. The molecule has 4 nitrogen and oxygen atoms in total. The van der Waals surface area contributed by atoms with Crippen molar-refractivity contribution in [2.24, 2.45) is 11.7 Å². The van der Waals surface area contributed by atoms with Gasteiger partial charge < -0.3 is 15.4 Å². The van der Waals surface area contributed by atoms with Crippen LogP contribution >= 0.6 is 0 Å². The molecule has 0 bridgehead atoms. The molecule has 2 unspecified atom stereocenters. The van der Waals surface area contributed by atoms with Crippen molar-refractivity contribution in [2.45, 2.75) is 52.6 Å². The summed E-state index contributed by atoms with van der Waals surface area (Å²) in [7, 11) is 2.07. The Morgan fingerprint density at radius 3 is 2.41 bits per heavy atom. The summed E-state index contributed by atoms with van der Waals surface area (Å²) in [6.07, 6.45) is 1.81. The average Bonchev–Trinajstić information content (AvgIpc) is 2.24. The van der Waals surface area contributed by atoms with Crippen molar-refractivity contribution in [3.05, 3.63) is 0 Å². The highest BCUT2D eigenvalue weighted by Crippen LogP contribution is 2.10. The van der Waals surface area contributed by atoms with Gasteiger partial charge in [0.05, 0.1) is 6.61 Å². The zero-order valence-electron chi connectivity index (χ0n) is 11.9. The van der Waals surface area contributed by atoms with Crippen LogP contribution in [-0.4, -0.2) is 43.2 Å². The third-order valence-corrected chi connectivity index (χ3v) is 2.95. The van der Waals surface area contributed by atoms with Gasteiger partial charge in [0.25, 0.3) is 0 Å². The molecule has 4 heteroatoms. The topological polar surface area (TPSA) is 55.6 Å². The molecular formula is C13H28N2O2. The standard InChI is InChI=1S/C13H28N2O2/c1-6-17-13(16)12(14)7-8-15(5)11(4)9-10(2)3/h10-12H,6-9,14H2,1-5H3. The number of hydrogen-bond acceptors (Lipinski definition) is 4. The number of nitrogens with zero attached hydrogens (tertiary/aromatic N) is 1. The molecule has 0 amide bonds. The Morgan fingerprint density at radius 2 is 1.94 bits per heavy atom. The van der Waals surface area contributed by atoms with E-state index >= 15 is 0 Å². The van der Waals surface area contributed by atoms with Crippen molar-refractivity contribution in [2.75, 3.05) is 20.2 Å². The first kappa shape index (κ1) is 16.4. The number of carbonyl (C=O) groups is 1. The highest BCUT2D eigenvalue weighted by molar-refractivity contribution is 5.75. The molecule has 0 fully saturated rings. The first-order chi connectivity index (χ1) is 7.88. The fourth-order valence-electron chi connectivity index (χ4n) is 1.79. The van der Waals surface area contributed by atoms with Crippen LogP contribution < -0.4 is 5.73 Å². The molecule has 0 rings (SSSR count). The summed E-state index contributed by atoms with van der Waals surface area (Å²) in [5, 5.41) is 0. The normalized spacial score (nSPS) is 15.1. The van der Waals surface area contributed by atoms with E-state index in [2.05, 4.69) is 32.7 Å². The predicted octanol–water partition coefficient (Wildman–Crippen LogP) is 1.63. The predicted molar refractivity (Wildman–Crippen MR) is 70.8 cm³/mol. The molecule has 0 saturated carbocycles. The van der Waals surface area contributed by atoms with Gasteiger partial charge in [-0.05, 0) is 39.7 Å². The van der Waals surface area contributed by atoms with Crippen molar-refractivity contribution in [3.63, 3.8) is 0 Å². The molecule has 0 aliphatic rings. The zero-order valence-corrected chi connectivity index (χ0v) is 11.9. The molecule has 102 valence electrons. The maximum atomic E-state index is 11.3. The van der Waals surface area contributed by atoms with Crippen molar-refractivity contribution in [1.82, 2.24) is 4.90 Å². The monoisotopic (exact) mass is 244 g/mol. The molecule has 0 aromatic heterocycles. The molecule has 0 radical (unpaired) electrons. The maximum Gasteiger partial charge on any atom is 0.322 e. The van der Waals surface area contributed by atoms with Gasteiger partial charge in [-0.3, -0.25) is 4.79 Å². The van der Waals surface area contributed by atoms with E-state index in [1.165, 1.54) is 0 Å². The largest absolute Gasteiger partial charge is 0.465 e. The summed E-state index contributed by atoms with van der Waals surface area (Å²) < 4.78 is 4.88. The molecule has 2 atom stereocenters. The van der Waals surface area contributed by atoms with Gasteiger partial charge in [-0.15, -0.1) is 0 Å². The lowest BCUT2D eigenvalue weighted by molar-refractivity contribution is -0.144. The molecule has 0 aromatic carbocycles. The molecule has 0 aliphatic carbocycles. The Bertz CT molecular complexity index is 219. The number of hydrogen-bond donors (Lipinski definition) is 1. The second kappa shape index (κ2) is 8.48. The summed E-state index contributed by atoms with van der Waals surface area (Å²) in [5.41, 5.74) is 5.75. The van der Waals surface area contributed by atoms with Crippen LogP contribution in [0.5, 0.6) is 0 Å². The van der Waals surface area contributed by atoms with Crippen LogP contribution in [0.4, 0.5) is 0 Å². The van der Waals surface area contributed by atoms with Crippen LogP contribution in [0.2, 0.25) is 0 Å². The molecule has 0 spiro atoms. The van der Waals surface area contributed by atoms with Gasteiger partial charge in [-0.1, -0.05) is 13.8 Å². The molecule has 0 aromatic rings. The second-order valence-corrected chi connectivity index (χ2v) is 5.11. The lowest BCUT2D eigenvalue weighted by atomic mass is 10.0. The van der Waals surface area contributed by atoms with E-state index in [0.29, 0.717) is 25.0 Å². The Morgan fingerprint density at radius 1 is 1.35 bits per heavy atom. The Balaban J connectivity index is 3.89. The maximum absolute atomic E-state index is 11.3. The average molecular weight is 244 g/mol. The van der Waals surface area contributed by atoms with Crippen molar-refractivity contribution in [3.8, 4) is 0 Å². The second-order valence-electron chi connectivity index (χ2n) is 5.11. The number of esters is 1. The lowest BCUT2D eigenvalue weighted by Gasteiger charge is -2.26. The Kier molecular flexibility index (Phi) is 8.17. The fraction of sp³-hybridized carbons (Fsp3) is 0.923. The first-order valence-corrected chi connectivity index (χ1v) is 6.50. The third-order valence-electron chi connectivity index (χ3n) is 2.95. The van der Waals surface area contributed by atoms with E-state index in [1.807, 2.05) is 0 Å². The van der Waals surface area contributed by atoms with Crippen LogP contribution in [0.3, 0.4) is 0 Å². The van der Waals surface area contributed by atoms with Gasteiger partial charge in [-0.25, -0.2) is 0 Å². The van der Waals surface area contributed by atoms with E-state index in [0.717, 1.165) is 13.0 Å². The lowest BCUT2D eigenvalue weighted by Crippen LogP contribution is -2.38. The van der Waals surface area contributed by atoms with E-state index in [-0.39, 0.29) is 5.97 Å². The zero-order chi connectivity index (χ0) is 13.4. The quantitative estimate of drug-likeness (QED) is 0.659. The smallest absolute Gasteiger partial charge is 0.322 e. The Labute approximate surface area is 105 Å². The first-order valence-electron chi connectivity index (χ1n) is 6.50. The van der Waals surface area contributed by atoms with Gasteiger partial charge in [-0.2, -0.15) is 0 Å². The van der Waals surface area contributed by atoms with Gasteiger partial charge >= 0.3 is 5.97 Å². The van der Waals surface area contributed by atoms with E-state index in [9.17, 15) is 4.79 Å². The number of carbonyl (C=O) groups excluding carboxylic acids is 1. The minimum absolute atomic E-state index is 0.294. The molecule has 2 N–H and O–H groups in total.